The minimum atomic E-state index is -0.399. The molecular formula is C16H19N3O3S2. The van der Waals surface area contributed by atoms with Gasteiger partial charge in [-0.1, -0.05) is 36.1 Å². The number of hydrogen-bond donors (Lipinski definition) is 0. The summed E-state index contributed by atoms with van der Waals surface area (Å²) in [6.45, 7) is 3.05. The largest absolute Gasteiger partial charge is 0.354 e. The van der Waals surface area contributed by atoms with Crippen LogP contribution in [-0.2, 0) is 10.5 Å². The van der Waals surface area contributed by atoms with Crippen molar-refractivity contribution in [3.8, 4) is 0 Å². The standard InChI is InChI=1S/C16H19N3O3S2/c20-15(13-3-4-13)17-7-9-18(10-8-17)16(23)24-11-12-1-5-14(6-2-12)19(21)22/h1-2,5-6,13H,3-4,7-11H2. The number of benzene rings is 1. The third-order valence-corrected chi connectivity index (χ3v) is 5.88. The van der Waals surface area contributed by atoms with Gasteiger partial charge in [-0.15, -0.1) is 0 Å². The van der Waals surface area contributed by atoms with Gasteiger partial charge in [0, 0.05) is 50.0 Å². The molecule has 24 heavy (non-hydrogen) atoms. The van der Waals surface area contributed by atoms with E-state index in [0.29, 0.717) is 11.7 Å². The Morgan fingerprint density at radius 3 is 2.29 bits per heavy atom. The van der Waals surface area contributed by atoms with E-state index in [-0.39, 0.29) is 11.6 Å². The highest BCUT2D eigenvalue weighted by atomic mass is 32.2. The fraction of sp³-hybridized carbons (Fsp3) is 0.500. The first-order chi connectivity index (χ1) is 11.5. The second kappa shape index (κ2) is 7.48. The number of hydrogen-bond acceptors (Lipinski definition) is 5. The minimum Gasteiger partial charge on any atom is -0.354 e. The van der Waals surface area contributed by atoms with Crippen molar-refractivity contribution in [1.29, 1.82) is 0 Å². The van der Waals surface area contributed by atoms with Crippen molar-refractivity contribution in [1.82, 2.24) is 9.80 Å². The summed E-state index contributed by atoms with van der Waals surface area (Å²) in [4.78, 5) is 26.4. The first kappa shape index (κ1) is 17.2. The zero-order valence-corrected chi connectivity index (χ0v) is 14.9. The highest BCUT2D eigenvalue weighted by molar-refractivity contribution is 8.22. The number of carbonyl (C=O) groups is 1. The topological polar surface area (TPSA) is 66.7 Å². The zero-order valence-electron chi connectivity index (χ0n) is 13.2. The first-order valence-corrected chi connectivity index (χ1v) is 9.38. The van der Waals surface area contributed by atoms with Gasteiger partial charge in [0.2, 0.25) is 5.91 Å². The van der Waals surface area contributed by atoms with Crippen molar-refractivity contribution < 1.29 is 9.72 Å². The molecular weight excluding hydrogens is 346 g/mol. The molecule has 3 rings (SSSR count). The van der Waals surface area contributed by atoms with Gasteiger partial charge in [0.25, 0.3) is 5.69 Å². The van der Waals surface area contributed by atoms with E-state index in [1.807, 2.05) is 4.90 Å². The number of amides is 1. The van der Waals surface area contributed by atoms with Gasteiger partial charge in [0.05, 0.1) is 4.92 Å². The minimum absolute atomic E-state index is 0.0998. The van der Waals surface area contributed by atoms with Crippen molar-refractivity contribution >= 4 is 39.9 Å². The summed E-state index contributed by atoms with van der Waals surface area (Å²) in [5.74, 6) is 1.28. The molecule has 0 radical (unpaired) electrons. The maximum absolute atomic E-state index is 12.0. The van der Waals surface area contributed by atoms with E-state index in [1.165, 1.54) is 12.1 Å². The van der Waals surface area contributed by atoms with Gasteiger partial charge in [-0.3, -0.25) is 14.9 Å². The summed E-state index contributed by atoms with van der Waals surface area (Å²) in [5, 5.41) is 10.7. The van der Waals surface area contributed by atoms with Crippen LogP contribution in [0, 0.1) is 16.0 Å². The van der Waals surface area contributed by atoms with Gasteiger partial charge >= 0.3 is 0 Å². The van der Waals surface area contributed by atoms with Gasteiger partial charge < -0.3 is 9.80 Å². The molecule has 1 saturated carbocycles. The summed E-state index contributed by atoms with van der Waals surface area (Å²) in [6, 6.07) is 6.56. The van der Waals surface area contributed by atoms with Crippen molar-refractivity contribution in [3.63, 3.8) is 0 Å². The molecule has 1 aromatic rings. The quantitative estimate of drug-likeness (QED) is 0.464. The maximum Gasteiger partial charge on any atom is 0.269 e. The van der Waals surface area contributed by atoms with Crippen LogP contribution in [0.15, 0.2) is 24.3 Å². The average Bonchev–Trinajstić information content (AvgIpc) is 3.44. The molecule has 0 unspecified atom stereocenters. The highest BCUT2D eigenvalue weighted by Crippen LogP contribution is 2.31. The Morgan fingerprint density at radius 1 is 1.17 bits per heavy atom. The zero-order chi connectivity index (χ0) is 17.1. The van der Waals surface area contributed by atoms with Crippen molar-refractivity contribution in [3.05, 3.63) is 39.9 Å². The second-order valence-corrected chi connectivity index (χ2v) is 7.67. The first-order valence-electron chi connectivity index (χ1n) is 7.98. The molecule has 0 aromatic heterocycles. The predicted octanol–water partition coefficient (Wildman–Crippen LogP) is 2.67. The lowest BCUT2D eigenvalue weighted by Crippen LogP contribution is -2.50. The van der Waals surface area contributed by atoms with Crippen LogP contribution in [-0.4, -0.2) is 51.1 Å². The summed E-state index contributed by atoms with van der Waals surface area (Å²) >= 11 is 7.05. The molecule has 1 amide bonds. The maximum atomic E-state index is 12.0. The van der Waals surface area contributed by atoms with E-state index in [9.17, 15) is 14.9 Å². The molecule has 0 atom stereocenters. The molecule has 1 aliphatic heterocycles. The number of thioether (sulfide) groups is 1. The van der Waals surface area contributed by atoms with Crippen LogP contribution in [0.4, 0.5) is 5.69 Å². The lowest BCUT2D eigenvalue weighted by Gasteiger charge is -2.36. The van der Waals surface area contributed by atoms with Crippen LogP contribution in [0.1, 0.15) is 18.4 Å². The second-order valence-electron chi connectivity index (χ2n) is 6.06. The molecule has 128 valence electrons. The number of nitro benzene ring substituents is 1. The molecule has 1 aliphatic carbocycles. The molecule has 0 spiro atoms. The monoisotopic (exact) mass is 365 g/mol. The van der Waals surface area contributed by atoms with Gasteiger partial charge in [0.15, 0.2) is 0 Å². The summed E-state index contributed by atoms with van der Waals surface area (Å²) in [7, 11) is 0. The Morgan fingerprint density at radius 2 is 1.75 bits per heavy atom. The van der Waals surface area contributed by atoms with Crippen LogP contribution in [0.25, 0.3) is 0 Å². The number of piperazine rings is 1. The summed E-state index contributed by atoms with van der Waals surface area (Å²) in [5.41, 5.74) is 1.11. The highest BCUT2D eigenvalue weighted by Gasteiger charge is 2.34. The Balaban J connectivity index is 1.44. The van der Waals surface area contributed by atoms with E-state index in [0.717, 1.165) is 48.9 Å². The molecule has 1 aromatic carbocycles. The number of non-ortho nitro benzene ring substituents is 1. The van der Waals surface area contributed by atoms with Crippen molar-refractivity contribution in [2.75, 3.05) is 26.2 Å². The van der Waals surface area contributed by atoms with Crippen molar-refractivity contribution in [2.24, 2.45) is 5.92 Å². The predicted molar refractivity (Wildman–Crippen MR) is 97.9 cm³/mol. The molecule has 1 saturated heterocycles. The SMILES string of the molecule is O=C(C1CC1)N1CCN(C(=S)SCc2ccc([N+](=O)[O-])cc2)CC1. The fourth-order valence-corrected chi connectivity index (χ4v) is 3.86. The Hall–Kier alpha value is -1.67. The summed E-state index contributed by atoms with van der Waals surface area (Å²) in [6.07, 6.45) is 2.09. The molecule has 8 heteroatoms. The van der Waals surface area contributed by atoms with Crippen LogP contribution in [0.5, 0.6) is 0 Å². The van der Waals surface area contributed by atoms with Crippen molar-refractivity contribution in [2.45, 2.75) is 18.6 Å². The van der Waals surface area contributed by atoms with Gasteiger partial charge in [0.1, 0.15) is 4.32 Å². The molecule has 2 fully saturated rings. The lowest BCUT2D eigenvalue weighted by molar-refractivity contribution is -0.384. The molecule has 0 bridgehead atoms. The van der Waals surface area contributed by atoms with E-state index in [1.54, 1.807) is 23.9 Å². The Labute approximate surface area is 150 Å². The van der Waals surface area contributed by atoms with Gasteiger partial charge in [-0.05, 0) is 18.4 Å². The fourth-order valence-electron chi connectivity index (χ4n) is 2.65. The third kappa shape index (κ3) is 4.24. The Bertz CT molecular complexity index is 638. The van der Waals surface area contributed by atoms with E-state index < -0.39 is 4.92 Å². The van der Waals surface area contributed by atoms with Gasteiger partial charge in [-0.2, -0.15) is 0 Å². The number of nitro groups is 1. The normalized spacial score (nSPS) is 17.7. The summed E-state index contributed by atoms with van der Waals surface area (Å²) < 4.78 is 0.826. The third-order valence-electron chi connectivity index (χ3n) is 4.29. The number of thiocarbonyl (C=S) groups is 1. The number of rotatable bonds is 4. The smallest absolute Gasteiger partial charge is 0.269 e. The van der Waals surface area contributed by atoms with E-state index in [4.69, 9.17) is 12.2 Å². The van der Waals surface area contributed by atoms with E-state index in [2.05, 4.69) is 4.90 Å². The van der Waals surface area contributed by atoms with Gasteiger partial charge in [-0.25, -0.2) is 0 Å². The van der Waals surface area contributed by atoms with Crippen LogP contribution in [0.2, 0.25) is 0 Å². The van der Waals surface area contributed by atoms with E-state index >= 15 is 0 Å². The van der Waals surface area contributed by atoms with Crippen LogP contribution < -0.4 is 0 Å². The number of nitrogens with zero attached hydrogens (tertiary/aromatic N) is 3. The lowest BCUT2D eigenvalue weighted by atomic mass is 10.2. The number of carbonyl (C=O) groups excluding carboxylic acids is 1. The van der Waals surface area contributed by atoms with Crippen LogP contribution >= 0.6 is 24.0 Å². The molecule has 0 N–H and O–H groups in total. The molecule has 1 heterocycles. The van der Waals surface area contributed by atoms with Crippen LogP contribution in [0.3, 0.4) is 0 Å². The molecule has 6 nitrogen and oxygen atoms in total. The molecule has 2 aliphatic rings. The Kier molecular flexibility index (Phi) is 5.35. The average molecular weight is 365 g/mol.